The third-order valence-electron chi connectivity index (χ3n) is 4.76. The average Bonchev–Trinajstić information content (AvgIpc) is 2.68. The molecule has 0 aliphatic carbocycles. The summed E-state index contributed by atoms with van der Waals surface area (Å²) in [6.45, 7) is 4.53. The van der Waals surface area contributed by atoms with Crippen molar-refractivity contribution in [3.63, 3.8) is 0 Å². The number of hydrogen-bond acceptors (Lipinski definition) is 4. The predicted molar refractivity (Wildman–Crippen MR) is 110 cm³/mol. The van der Waals surface area contributed by atoms with Crippen LogP contribution in [-0.2, 0) is 21.4 Å². The summed E-state index contributed by atoms with van der Waals surface area (Å²) in [5, 5.41) is 3.41. The average molecular weight is 422 g/mol. The number of aryl methyl sites for hydroxylation is 1. The predicted octanol–water partition coefficient (Wildman–Crippen LogP) is 2.27. The lowest BCUT2D eigenvalue weighted by molar-refractivity contribution is -0.122. The molecular weight excluding hydrogens is 398 g/mol. The molecule has 3 rings (SSSR count). The number of amides is 1. The molecule has 0 aromatic heterocycles. The van der Waals surface area contributed by atoms with Crippen molar-refractivity contribution in [2.24, 2.45) is 0 Å². The van der Waals surface area contributed by atoms with E-state index in [2.05, 4.69) is 5.32 Å². The number of piperazine rings is 1. The molecule has 1 amide bonds. The zero-order chi connectivity index (χ0) is 20.1. The van der Waals surface area contributed by atoms with Crippen LogP contribution in [0, 0.1) is 6.92 Å². The topological polar surface area (TPSA) is 69.7 Å². The molecule has 0 atom stereocenters. The summed E-state index contributed by atoms with van der Waals surface area (Å²) in [4.78, 5) is 14.4. The van der Waals surface area contributed by atoms with Gasteiger partial charge in [0.25, 0.3) is 0 Å². The van der Waals surface area contributed by atoms with Gasteiger partial charge in [0.1, 0.15) is 0 Å². The van der Waals surface area contributed by atoms with Crippen molar-refractivity contribution >= 4 is 27.5 Å². The summed E-state index contributed by atoms with van der Waals surface area (Å²) in [6.07, 6.45) is 0. The lowest BCUT2D eigenvalue weighted by atomic mass is 10.1. The van der Waals surface area contributed by atoms with Crippen molar-refractivity contribution < 1.29 is 13.2 Å². The fourth-order valence-electron chi connectivity index (χ4n) is 3.05. The highest BCUT2D eigenvalue weighted by Crippen LogP contribution is 2.19. The number of sulfonamides is 1. The van der Waals surface area contributed by atoms with Gasteiger partial charge in [-0.1, -0.05) is 41.4 Å². The summed E-state index contributed by atoms with van der Waals surface area (Å²) in [6, 6.07) is 14.2. The normalized spacial score (nSPS) is 16.1. The van der Waals surface area contributed by atoms with Gasteiger partial charge in [-0.15, -0.1) is 0 Å². The van der Waals surface area contributed by atoms with Gasteiger partial charge in [0, 0.05) is 37.7 Å². The first-order valence-electron chi connectivity index (χ1n) is 9.15. The van der Waals surface area contributed by atoms with Crippen LogP contribution in [0.1, 0.15) is 11.1 Å². The first kappa shape index (κ1) is 20.8. The number of halogens is 1. The Morgan fingerprint density at radius 1 is 1.00 bits per heavy atom. The first-order valence-corrected chi connectivity index (χ1v) is 11.0. The summed E-state index contributed by atoms with van der Waals surface area (Å²) in [5.74, 6) is -0.0606. The van der Waals surface area contributed by atoms with E-state index >= 15 is 0 Å². The third-order valence-corrected chi connectivity index (χ3v) is 6.93. The maximum absolute atomic E-state index is 12.7. The second-order valence-electron chi connectivity index (χ2n) is 6.90. The fraction of sp³-hybridized carbons (Fsp3) is 0.350. The number of rotatable bonds is 6. The van der Waals surface area contributed by atoms with E-state index in [1.165, 1.54) is 22.0 Å². The van der Waals surface area contributed by atoms with Gasteiger partial charge in [-0.05, 0) is 36.8 Å². The molecule has 1 saturated heterocycles. The van der Waals surface area contributed by atoms with Gasteiger partial charge in [0.15, 0.2) is 0 Å². The van der Waals surface area contributed by atoms with Crippen molar-refractivity contribution in [1.29, 1.82) is 0 Å². The van der Waals surface area contributed by atoms with Crippen LogP contribution >= 0.6 is 11.6 Å². The van der Waals surface area contributed by atoms with Crippen molar-refractivity contribution in [3.8, 4) is 0 Å². The molecule has 0 bridgehead atoms. The monoisotopic (exact) mass is 421 g/mol. The van der Waals surface area contributed by atoms with Crippen LogP contribution in [0.4, 0.5) is 0 Å². The summed E-state index contributed by atoms with van der Waals surface area (Å²) >= 11 is 5.83. The Morgan fingerprint density at radius 3 is 2.21 bits per heavy atom. The minimum absolute atomic E-state index is 0.0606. The smallest absolute Gasteiger partial charge is 0.243 e. The number of carbonyl (C=O) groups is 1. The minimum atomic E-state index is -3.53. The molecule has 0 saturated carbocycles. The fourth-order valence-corrected chi connectivity index (χ4v) is 4.60. The molecular formula is C20H24ClN3O3S. The molecule has 0 unspecified atom stereocenters. The number of benzene rings is 2. The van der Waals surface area contributed by atoms with E-state index in [0.717, 1.165) is 5.56 Å². The van der Waals surface area contributed by atoms with Crippen LogP contribution in [0.3, 0.4) is 0 Å². The van der Waals surface area contributed by atoms with E-state index in [0.29, 0.717) is 37.7 Å². The summed E-state index contributed by atoms with van der Waals surface area (Å²) in [7, 11) is -3.53. The van der Waals surface area contributed by atoms with E-state index < -0.39 is 10.0 Å². The standard InChI is InChI=1S/C20H24ClN3O3S/c1-16-2-4-17(5-3-16)14-22-20(25)15-23-10-12-24(13-11-23)28(26,27)19-8-6-18(21)7-9-19/h2-9H,10-15H2,1H3,(H,22,25). The molecule has 1 aliphatic rings. The number of nitrogens with zero attached hydrogens (tertiary/aromatic N) is 2. The molecule has 6 nitrogen and oxygen atoms in total. The first-order chi connectivity index (χ1) is 13.3. The second kappa shape index (κ2) is 9.05. The zero-order valence-electron chi connectivity index (χ0n) is 15.8. The largest absolute Gasteiger partial charge is 0.351 e. The van der Waals surface area contributed by atoms with Crippen LogP contribution in [0.2, 0.25) is 5.02 Å². The van der Waals surface area contributed by atoms with Crippen molar-refractivity contribution in [3.05, 3.63) is 64.7 Å². The van der Waals surface area contributed by atoms with Crippen LogP contribution in [0.15, 0.2) is 53.4 Å². The van der Waals surface area contributed by atoms with E-state index in [9.17, 15) is 13.2 Å². The van der Waals surface area contributed by atoms with Crippen LogP contribution in [0.5, 0.6) is 0 Å². The molecule has 2 aromatic rings. The maximum Gasteiger partial charge on any atom is 0.243 e. The molecule has 0 radical (unpaired) electrons. The van der Waals surface area contributed by atoms with Crippen molar-refractivity contribution in [2.45, 2.75) is 18.4 Å². The molecule has 0 spiro atoms. The molecule has 28 heavy (non-hydrogen) atoms. The SMILES string of the molecule is Cc1ccc(CNC(=O)CN2CCN(S(=O)(=O)c3ccc(Cl)cc3)CC2)cc1. The molecule has 1 aliphatic heterocycles. The lowest BCUT2D eigenvalue weighted by Gasteiger charge is -2.33. The van der Waals surface area contributed by atoms with E-state index in [4.69, 9.17) is 11.6 Å². The molecule has 1 fully saturated rings. The van der Waals surface area contributed by atoms with Gasteiger partial charge in [-0.3, -0.25) is 9.69 Å². The minimum Gasteiger partial charge on any atom is -0.351 e. The van der Waals surface area contributed by atoms with Gasteiger partial charge in [-0.25, -0.2) is 8.42 Å². The third kappa shape index (κ3) is 5.32. The van der Waals surface area contributed by atoms with Gasteiger partial charge in [0.05, 0.1) is 11.4 Å². The molecule has 1 N–H and O–H groups in total. The molecule has 8 heteroatoms. The summed E-state index contributed by atoms with van der Waals surface area (Å²) < 4.78 is 26.8. The second-order valence-corrected chi connectivity index (χ2v) is 9.27. The number of carbonyl (C=O) groups excluding carboxylic acids is 1. The number of nitrogens with one attached hydrogen (secondary N) is 1. The number of hydrogen-bond donors (Lipinski definition) is 1. The Kier molecular flexibility index (Phi) is 6.72. The zero-order valence-corrected chi connectivity index (χ0v) is 17.3. The molecule has 1 heterocycles. The van der Waals surface area contributed by atoms with Crippen LogP contribution in [-0.4, -0.2) is 56.3 Å². The van der Waals surface area contributed by atoms with E-state index in [1.54, 1.807) is 12.1 Å². The van der Waals surface area contributed by atoms with Crippen LogP contribution < -0.4 is 5.32 Å². The van der Waals surface area contributed by atoms with Gasteiger partial charge >= 0.3 is 0 Å². The summed E-state index contributed by atoms with van der Waals surface area (Å²) in [5.41, 5.74) is 2.24. The Bertz CT molecular complexity index is 907. The van der Waals surface area contributed by atoms with Crippen molar-refractivity contribution in [2.75, 3.05) is 32.7 Å². The lowest BCUT2D eigenvalue weighted by Crippen LogP contribution is -2.50. The van der Waals surface area contributed by atoms with Crippen LogP contribution in [0.25, 0.3) is 0 Å². The van der Waals surface area contributed by atoms with Gasteiger partial charge in [-0.2, -0.15) is 4.31 Å². The van der Waals surface area contributed by atoms with Gasteiger partial charge < -0.3 is 5.32 Å². The highest BCUT2D eigenvalue weighted by atomic mass is 35.5. The highest BCUT2D eigenvalue weighted by molar-refractivity contribution is 7.89. The molecule has 150 valence electrons. The van der Waals surface area contributed by atoms with Gasteiger partial charge in [0.2, 0.25) is 15.9 Å². The maximum atomic E-state index is 12.7. The molecule has 2 aromatic carbocycles. The Labute approximate surface area is 171 Å². The quantitative estimate of drug-likeness (QED) is 0.776. The Hall–Kier alpha value is -1.93. The Balaban J connectivity index is 1.47. The Morgan fingerprint density at radius 2 is 1.61 bits per heavy atom. The van der Waals surface area contributed by atoms with E-state index in [1.807, 2.05) is 36.1 Å². The highest BCUT2D eigenvalue weighted by Gasteiger charge is 2.28. The van der Waals surface area contributed by atoms with Crippen molar-refractivity contribution in [1.82, 2.24) is 14.5 Å². The van der Waals surface area contributed by atoms with E-state index in [-0.39, 0.29) is 17.3 Å².